The topological polar surface area (TPSA) is 64.1 Å². The second kappa shape index (κ2) is 3.59. The first-order chi connectivity index (χ1) is 6.72. The predicted octanol–water partition coefficient (Wildman–Crippen LogP) is 1.37. The van der Waals surface area contributed by atoms with E-state index in [1.165, 1.54) is 0 Å². The number of nitrogen functional groups attached to an aromatic ring is 1. The first-order valence-corrected chi connectivity index (χ1v) is 5.04. The summed E-state index contributed by atoms with van der Waals surface area (Å²) < 4.78 is 2.68. The number of fused-ring (bicyclic) bond motifs is 1. The Kier molecular flexibility index (Phi) is 2.43. The largest absolute Gasteiger partial charge is 0.394 e. The zero-order valence-electron chi connectivity index (χ0n) is 7.44. The standard InChI is InChI=1S/C9H10BrN3O/c10-6-1-2-7-8(5-6)13(3-4-14)12-9(7)11/h1-2,5,14H,3-4H2,(H2,11,12). The molecule has 1 heterocycles. The van der Waals surface area contributed by atoms with Crippen LogP contribution in [0.5, 0.6) is 0 Å². The van der Waals surface area contributed by atoms with Crippen molar-refractivity contribution < 1.29 is 5.11 Å². The number of hydrogen-bond acceptors (Lipinski definition) is 3. The van der Waals surface area contributed by atoms with Crippen molar-refractivity contribution in [3.63, 3.8) is 0 Å². The van der Waals surface area contributed by atoms with Gasteiger partial charge in [-0.15, -0.1) is 0 Å². The molecular formula is C9H10BrN3O. The van der Waals surface area contributed by atoms with Crippen molar-refractivity contribution in [2.75, 3.05) is 12.3 Å². The molecular weight excluding hydrogens is 246 g/mol. The fourth-order valence-corrected chi connectivity index (χ4v) is 1.79. The van der Waals surface area contributed by atoms with Crippen molar-refractivity contribution in [3.8, 4) is 0 Å². The summed E-state index contributed by atoms with van der Waals surface area (Å²) in [5, 5.41) is 13.9. The first-order valence-electron chi connectivity index (χ1n) is 4.25. The predicted molar refractivity (Wildman–Crippen MR) is 58.9 cm³/mol. The molecule has 0 aliphatic heterocycles. The minimum atomic E-state index is 0.0583. The Labute approximate surface area is 89.5 Å². The monoisotopic (exact) mass is 255 g/mol. The SMILES string of the molecule is Nc1nn(CCO)c2cc(Br)ccc12. The maximum Gasteiger partial charge on any atom is 0.153 e. The Hall–Kier alpha value is -1.07. The third kappa shape index (κ3) is 1.49. The highest BCUT2D eigenvalue weighted by molar-refractivity contribution is 9.10. The van der Waals surface area contributed by atoms with E-state index in [2.05, 4.69) is 21.0 Å². The van der Waals surface area contributed by atoms with Gasteiger partial charge >= 0.3 is 0 Å². The van der Waals surface area contributed by atoms with Crippen molar-refractivity contribution in [1.29, 1.82) is 0 Å². The third-order valence-corrected chi connectivity index (χ3v) is 2.55. The third-order valence-electron chi connectivity index (χ3n) is 2.05. The number of halogens is 1. The number of hydrogen-bond donors (Lipinski definition) is 2. The van der Waals surface area contributed by atoms with Crippen LogP contribution in [0.2, 0.25) is 0 Å². The fraction of sp³-hybridized carbons (Fsp3) is 0.222. The van der Waals surface area contributed by atoms with Crippen LogP contribution >= 0.6 is 15.9 Å². The van der Waals surface area contributed by atoms with Gasteiger partial charge < -0.3 is 10.8 Å². The van der Waals surface area contributed by atoms with Gasteiger partial charge in [0, 0.05) is 9.86 Å². The average molecular weight is 256 g/mol. The van der Waals surface area contributed by atoms with Crippen LogP contribution in [-0.4, -0.2) is 21.5 Å². The molecule has 2 rings (SSSR count). The summed E-state index contributed by atoms with van der Waals surface area (Å²) in [6.45, 7) is 0.521. The number of nitrogens with two attached hydrogens (primary N) is 1. The number of nitrogens with zero attached hydrogens (tertiary/aromatic N) is 2. The van der Waals surface area contributed by atoms with E-state index in [4.69, 9.17) is 10.8 Å². The molecule has 0 unspecified atom stereocenters. The van der Waals surface area contributed by atoms with Gasteiger partial charge in [-0.3, -0.25) is 4.68 Å². The van der Waals surface area contributed by atoms with Gasteiger partial charge in [0.25, 0.3) is 0 Å². The van der Waals surface area contributed by atoms with E-state index in [-0.39, 0.29) is 6.61 Å². The summed E-state index contributed by atoms with van der Waals surface area (Å²) in [6.07, 6.45) is 0. The second-order valence-corrected chi connectivity index (χ2v) is 3.91. The van der Waals surface area contributed by atoms with Gasteiger partial charge in [-0.1, -0.05) is 15.9 Å². The quantitative estimate of drug-likeness (QED) is 0.853. The van der Waals surface area contributed by atoms with Gasteiger partial charge in [0.05, 0.1) is 18.7 Å². The highest BCUT2D eigenvalue weighted by Gasteiger charge is 2.07. The minimum Gasteiger partial charge on any atom is -0.394 e. The Balaban J connectivity index is 2.66. The lowest BCUT2D eigenvalue weighted by Gasteiger charge is -1.99. The first kappa shape index (κ1) is 9.48. The summed E-state index contributed by atoms with van der Waals surface area (Å²) in [5.41, 5.74) is 6.66. The van der Waals surface area contributed by atoms with Crippen LogP contribution in [0.25, 0.3) is 10.9 Å². The normalized spacial score (nSPS) is 11.0. The zero-order valence-corrected chi connectivity index (χ0v) is 9.03. The molecule has 14 heavy (non-hydrogen) atoms. The molecule has 0 aliphatic rings. The molecule has 3 N–H and O–H groups in total. The Morgan fingerprint density at radius 2 is 2.29 bits per heavy atom. The van der Waals surface area contributed by atoms with Gasteiger partial charge in [0.2, 0.25) is 0 Å². The van der Waals surface area contributed by atoms with E-state index in [1.54, 1.807) is 4.68 Å². The van der Waals surface area contributed by atoms with Gasteiger partial charge in [-0.05, 0) is 18.2 Å². The smallest absolute Gasteiger partial charge is 0.153 e. The summed E-state index contributed by atoms with van der Waals surface area (Å²) in [5.74, 6) is 0.501. The van der Waals surface area contributed by atoms with Gasteiger partial charge in [-0.2, -0.15) is 5.10 Å². The van der Waals surface area contributed by atoms with E-state index < -0.39 is 0 Å². The summed E-state index contributed by atoms with van der Waals surface area (Å²) in [7, 11) is 0. The molecule has 0 spiro atoms. The van der Waals surface area contributed by atoms with Crippen LogP contribution in [0.1, 0.15) is 0 Å². The number of aliphatic hydroxyl groups is 1. The summed E-state index contributed by atoms with van der Waals surface area (Å²) in [4.78, 5) is 0. The number of rotatable bonds is 2. The van der Waals surface area contributed by atoms with Crippen molar-refractivity contribution >= 4 is 32.7 Å². The maximum atomic E-state index is 8.84. The van der Waals surface area contributed by atoms with Crippen molar-refractivity contribution in [2.24, 2.45) is 0 Å². The van der Waals surface area contributed by atoms with Crippen LogP contribution in [0.3, 0.4) is 0 Å². The second-order valence-electron chi connectivity index (χ2n) is 2.99. The van der Waals surface area contributed by atoms with Crippen LogP contribution in [-0.2, 0) is 6.54 Å². The maximum absolute atomic E-state index is 8.84. The molecule has 0 fully saturated rings. The van der Waals surface area contributed by atoms with Crippen molar-refractivity contribution in [2.45, 2.75) is 6.54 Å². The molecule has 0 bridgehead atoms. The van der Waals surface area contributed by atoms with E-state index in [0.717, 1.165) is 15.4 Å². The highest BCUT2D eigenvalue weighted by Crippen LogP contribution is 2.23. The number of anilines is 1. The van der Waals surface area contributed by atoms with E-state index >= 15 is 0 Å². The molecule has 4 nitrogen and oxygen atoms in total. The molecule has 0 saturated heterocycles. The molecule has 0 saturated carbocycles. The highest BCUT2D eigenvalue weighted by atomic mass is 79.9. The fourth-order valence-electron chi connectivity index (χ4n) is 1.44. The molecule has 1 aromatic heterocycles. The van der Waals surface area contributed by atoms with E-state index in [9.17, 15) is 0 Å². The average Bonchev–Trinajstić information content (AvgIpc) is 2.44. The summed E-state index contributed by atoms with van der Waals surface area (Å²) in [6, 6.07) is 5.77. The number of benzene rings is 1. The van der Waals surface area contributed by atoms with Crippen molar-refractivity contribution in [1.82, 2.24) is 9.78 Å². The van der Waals surface area contributed by atoms with Gasteiger partial charge in [0.15, 0.2) is 5.82 Å². The lowest BCUT2D eigenvalue weighted by atomic mass is 10.2. The number of aromatic nitrogens is 2. The van der Waals surface area contributed by atoms with Gasteiger partial charge in [-0.25, -0.2) is 0 Å². The Morgan fingerprint density at radius 3 is 3.00 bits per heavy atom. The lowest BCUT2D eigenvalue weighted by molar-refractivity contribution is 0.272. The van der Waals surface area contributed by atoms with Crippen LogP contribution in [0, 0.1) is 0 Å². The molecule has 0 amide bonds. The summed E-state index contributed by atoms with van der Waals surface area (Å²) >= 11 is 3.38. The van der Waals surface area contributed by atoms with Crippen LogP contribution in [0.15, 0.2) is 22.7 Å². The zero-order chi connectivity index (χ0) is 10.1. The molecule has 5 heteroatoms. The van der Waals surface area contributed by atoms with Crippen LogP contribution in [0.4, 0.5) is 5.82 Å². The molecule has 2 aromatic rings. The van der Waals surface area contributed by atoms with Crippen molar-refractivity contribution in [3.05, 3.63) is 22.7 Å². The lowest BCUT2D eigenvalue weighted by Crippen LogP contribution is -2.03. The molecule has 0 atom stereocenters. The van der Waals surface area contributed by atoms with E-state index in [1.807, 2.05) is 18.2 Å². The van der Waals surface area contributed by atoms with Gasteiger partial charge in [0.1, 0.15) is 0 Å². The minimum absolute atomic E-state index is 0.0583. The molecule has 0 radical (unpaired) electrons. The number of aliphatic hydroxyl groups excluding tert-OH is 1. The van der Waals surface area contributed by atoms with Crippen LogP contribution < -0.4 is 5.73 Å². The van der Waals surface area contributed by atoms with E-state index in [0.29, 0.717) is 12.4 Å². The Morgan fingerprint density at radius 1 is 1.50 bits per heavy atom. The Bertz CT molecular complexity index is 466. The molecule has 1 aromatic carbocycles. The molecule has 74 valence electrons. The molecule has 0 aliphatic carbocycles.